The topological polar surface area (TPSA) is 75.4 Å². The lowest BCUT2D eigenvalue weighted by molar-refractivity contribution is 0.400. The zero-order chi connectivity index (χ0) is 15.2. The largest absolute Gasteiger partial charge is 0.389 e. The number of nitrogens with zero attached hydrogens (tertiary/aromatic N) is 1. The number of nitrogens with two attached hydrogens (primary N) is 1. The van der Waals surface area contributed by atoms with Crippen LogP contribution in [0.25, 0.3) is 0 Å². The van der Waals surface area contributed by atoms with Gasteiger partial charge in [0.15, 0.2) is 0 Å². The molecule has 0 spiro atoms. The second-order valence-corrected chi connectivity index (χ2v) is 7.08. The number of nitrogens with one attached hydrogen (secondary N) is 1. The summed E-state index contributed by atoms with van der Waals surface area (Å²) >= 11 is 4.93. The van der Waals surface area contributed by atoms with Crippen molar-refractivity contribution in [1.29, 1.82) is 0 Å². The first kappa shape index (κ1) is 17.0. The van der Waals surface area contributed by atoms with E-state index in [1.54, 1.807) is 24.3 Å². The van der Waals surface area contributed by atoms with E-state index in [4.69, 9.17) is 18.0 Å². The summed E-state index contributed by atoms with van der Waals surface area (Å²) in [7, 11) is 0.530. The molecule has 0 saturated carbocycles. The summed E-state index contributed by atoms with van der Waals surface area (Å²) in [6, 6.07) is 7.03. The first-order valence-electron chi connectivity index (χ1n) is 6.31. The molecule has 20 heavy (non-hydrogen) atoms. The third-order valence-electron chi connectivity index (χ3n) is 2.73. The number of sulfonamides is 1. The maximum Gasteiger partial charge on any atom is 0.215 e. The lowest BCUT2D eigenvalue weighted by Crippen LogP contribution is -2.29. The minimum atomic E-state index is -3.37. The Morgan fingerprint density at radius 3 is 2.60 bits per heavy atom. The molecular weight excluding hydrogens is 294 g/mol. The molecule has 0 atom stereocenters. The van der Waals surface area contributed by atoms with Gasteiger partial charge in [0.25, 0.3) is 0 Å². The van der Waals surface area contributed by atoms with Gasteiger partial charge in [0.05, 0.1) is 5.75 Å². The van der Waals surface area contributed by atoms with Gasteiger partial charge >= 0.3 is 0 Å². The van der Waals surface area contributed by atoms with Gasteiger partial charge in [-0.3, -0.25) is 0 Å². The first-order chi connectivity index (χ1) is 9.32. The Bertz CT molecular complexity index is 556. The lowest BCUT2D eigenvalue weighted by atomic mass is 10.1. The Kier molecular flexibility index (Phi) is 6.54. The van der Waals surface area contributed by atoms with Crippen LogP contribution in [0.3, 0.4) is 0 Å². The van der Waals surface area contributed by atoms with E-state index in [2.05, 4.69) is 4.72 Å². The third kappa shape index (κ3) is 5.96. The van der Waals surface area contributed by atoms with Crippen molar-refractivity contribution in [2.75, 3.05) is 27.2 Å². The van der Waals surface area contributed by atoms with E-state index in [9.17, 15) is 8.42 Å². The quantitative estimate of drug-likeness (QED) is 0.545. The number of benzene rings is 1. The fraction of sp³-hybridized carbons (Fsp3) is 0.462. The molecule has 1 rings (SSSR count). The summed E-state index contributed by atoms with van der Waals surface area (Å²) in [4.78, 5) is 2.22. The molecule has 5 nitrogen and oxygen atoms in total. The van der Waals surface area contributed by atoms with E-state index in [1.165, 1.54) is 0 Å². The number of hydrogen-bond donors (Lipinski definition) is 2. The van der Waals surface area contributed by atoms with Gasteiger partial charge in [0.2, 0.25) is 10.0 Å². The molecule has 0 fully saturated rings. The highest BCUT2D eigenvalue weighted by Crippen LogP contribution is 2.12. The Balaban J connectivity index is 2.65. The van der Waals surface area contributed by atoms with Crippen molar-refractivity contribution in [1.82, 2.24) is 9.62 Å². The average molecular weight is 315 g/mol. The fourth-order valence-corrected chi connectivity index (χ4v) is 3.18. The van der Waals surface area contributed by atoms with Gasteiger partial charge in [-0.25, -0.2) is 13.1 Å². The Morgan fingerprint density at radius 2 is 2.00 bits per heavy atom. The predicted molar refractivity (Wildman–Crippen MR) is 86.1 cm³/mol. The molecule has 0 aliphatic carbocycles. The van der Waals surface area contributed by atoms with Gasteiger partial charge < -0.3 is 10.6 Å². The molecule has 1 aromatic carbocycles. The molecule has 0 unspecified atom stereocenters. The second kappa shape index (κ2) is 7.68. The first-order valence-corrected chi connectivity index (χ1v) is 8.37. The van der Waals surface area contributed by atoms with Crippen LogP contribution >= 0.6 is 12.2 Å². The van der Waals surface area contributed by atoms with Crippen LogP contribution in [0.4, 0.5) is 0 Å². The van der Waals surface area contributed by atoms with Crippen LogP contribution in [0.15, 0.2) is 24.3 Å². The molecule has 112 valence electrons. The van der Waals surface area contributed by atoms with Crippen LogP contribution < -0.4 is 10.5 Å². The van der Waals surface area contributed by atoms with Crippen molar-refractivity contribution >= 4 is 27.2 Å². The maximum atomic E-state index is 12.0. The second-order valence-electron chi connectivity index (χ2n) is 4.83. The highest BCUT2D eigenvalue weighted by Gasteiger charge is 2.14. The normalized spacial score (nSPS) is 11.8. The SMILES string of the molecule is CN(C)CCCNS(=O)(=O)Cc1ccccc1C(N)=S. The molecule has 7 heteroatoms. The van der Waals surface area contributed by atoms with E-state index in [-0.39, 0.29) is 10.7 Å². The molecule has 0 aliphatic heterocycles. The number of thiocarbonyl (C=S) groups is 1. The zero-order valence-corrected chi connectivity index (χ0v) is 13.4. The lowest BCUT2D eigenvalue weighted by Gasteiger charge is -2.12. The minimum absolute atomic E-state index is 0.109. The van der Waals surface area contributed by atoms with Crippen molar-refractivity contribution < 1.29 is 8.42 Å². The molecule has 0 aliphatic rings. The van der Waals surface area contributed by atoms with Crippen molar-refractivity contribution in [3.63, 3.8) is 0 Å². The molecular formula is C13H21N3O2S2. The summed E-state index contributed by atoms with van der Waals surface area (Å²) in [5.74, 6) is -0.109. The summed E-state index contributed by atoms with van der Waals surface area (Å²) in [5, 5.41) is 0. The molecule has 0 amide bonds. The van der Waals surface area contributed by atoms with Crippen LogP contribution in [-0.4, -0.2) is 45.5 Å². The molecule has 0 radical (unpaired) electrons. The summed E-state index contributed by atoms with van der Waals surface area (Å²) in [5.41, 5.74) is 6.84. The fourth-order valence-electron chi connectivity index (χ4n) is 1.77. The third-order valence-corrected chi connectivity index (χ3v) is 4.29. The number of rotatable bonds is 8. The summed E-state index contributed by atoms with van der Waals surface area (Å²) in [6.45, 7) is 1.27. The maximum absolute atomic E-state index is 12.0. The predicted octanol–water partition coefficient (Wildman–Crippen LogP) is 0.692. The van der Waals surface area contributed by atoms with E-state index in [1.807, 2.05) is 19.0 Å². The Hall–Kier alpha value is -1.02. The van der Waals surface area contributed by atoms with Crippen LogP contribution in [-0.2, 0) is 15.8 Å². The van der Waals surface area contributed by atoms with E-state index in [0.717, 1.165) is 13.0 Å². The van der Waals surface area contributed by atoms with Gasteiger partial charge in [-0.15, -0.1) is 0 Å². The van der Waals surface area contributed by atoms with Crippen LogP contribution in [0.5, 0.6) is 0 Å². The van der Waals surface area contributed by atoms with Crippen molar-refractivity contribution in [2.45, 2.75) is 12.2 Å². The van der Waals surface area contributed by atoms with Crippen LogP contribution in [0.1, 0.15) is 17.5 Å². The van der Waals surface area contributed by atoms with E-state index in [0.29, 0.717) is 17.7 Å². The van der Waals surface area contributed by atoms with Gasteiger partial charge in [0, 0.05) is 12.1 Å². The van der Waals surface area contributed by atoms with Gasteiger partial charge in [0.1, 0.15) is 4.99 Å². The van der Waals surface area contributed by atoms with Gasteiger partial charge in [-0.1, -0.05) is 36.5 Å². The standard InChI is InChI=1S/C13H21N3O2S2/c1-16(2)9-5-8-15-20(17,18)10-11-6-3-4-7-12(11)13(14)19/h3-4,6-7,15H,5,8-10H2,1-2H3,(H2,14,19). The molecule has 0 aromatic heterocycles. The summed E-state index contributed by atoms with van der Waals surface area (Å²) in [6.07, 6.45) is 0.767. The van der Waals surface area contributed by atoms with Crippen LogP contribution in [0, 0.1) is 0 Å². The highest BCUT2D eigenvalue weighted by atomic mass is 32.2. The van der Waals surface area contributed by atoms with E-state index >= 15 is 0 Å². The van der Waals surface area contributed by atoms with E-state index < -0.39 is 10.0 Å². The molecule has 1 aromatic rings. The molecule has 0 saturated heterocycles. The zero-order valence-electron chi connectivity index (χ0n) is 11.8. The Labute approximate surface area is 126 Å². The smallest absolute Gasteiger partial charge is 0.215 e. The Morgan fingerprint density at radius 1 is 1.35 bits per heavy atom. The monoisotopic (exact) mass is 315 g/mol. The average Bonchev–Trinajstić information content (AvgIpc) is 2.34. The number of hydrogen-bond acceptors (Lipinski definition) is 4. The molecule has 0 heterocycles. The van der Waals surface area contributed by atoms with Crippen LogP contribution in [0.2, 0.25) is 0 Å². The van der Waals surface area contributed by atoms with Crippen molar-refractivity contribution in [3.05, 3.63) is 35.4 Å². The summed E-state index contributed by atoms with van der Waals surface area (Å²) < 4.78 is 26.6. The molecule has 3 N–H and O–H groups in total. The minimum Gasteiger partial charge on any atom is -0.389 e. The van der Waals surface area contributed by atoms with Gasteiger partial charge in [-0.05, 0) is 32.6 Å². The van der Waals surface area contributed by atoms with Crippen molar-refractivity contribution in [3.8, 4) is 0 Å². The molecule has 0 bridgehead atoms. The highest BCUT2D eigenvalue weighted by molar-refractivity contribution is 7.88. The van der Waals surface area contributed by atoms with Gasteiger partial charge in [-0.2, -0.15) is 0 Å². The van der Waals surface area contributed by atoms with Crippen molar-refractivity contribution in [2.24, 2.45) is 5.73 Å².